The second-order valence-corrected chi connectivity index (χ2v) is 5.04. The van der Waals surface area contributed by atoms with Crippen LogP contribution in [0.4, 0.5) is 0 Å². The lowest BCUT2D eigenvalue weighted by Gasteiger charge is -2.19. The summed E-state index contributed by atoms with van der Waals surface area (Å²) in [5.74, 6) is 0.512. The van der Waals surface area contributed by atoms with Gasteiger partial charge in [-0.2, -0.15) is 0 Å². The van der Waals surface area contributed by atoms with Crippen molar-refractivity contribution < 1.29 is 14.7 Å². The molecule has 0 saturated carbocycles. The Morgan fingerprint density at radius 3 is 2.56 bits per heavy atom. The van der Waals surface area contributed by atoms with Crippen molar-refractivity contribution in [1.82, 2.24) is 0 Å². The van der Waals surface area contributed by atoms with Crippen LogP contribution in [0.1, 0.15) is 13.8 Å². The number of halogens is 2. The Bertz CT molecular complexity index is 370. The van der Waals surface area contributed by atoms with Crippen molar-refractivity contribution >= 4 is 23.2 Å². The average Bonchev–Trinajstić information content (AvgIpc) is 2.37. The highest BCUT2D eigenvalue weighted by Crippen LogP contribution is 2.27. The van der Waals surface area contributed by atoms with E-state index in [1.807, 2.05) is 0 Å². The first-order chi connectivity index (χ1) is 8.56. The third-order valence-corrected chi connectivity index (χ3v) is 3.40. The number of hydrogen-bond donors (Lipinski definition) is 2. The number of hydrogen-bond acceptors (Lipinski definition) is 2. The van der Waals surface area contributed by atoms with Gasteiger partial charge in [0.25, 0.3) is 0 Å². The molecule has 0 fully saturated rings. The van der Waals surface area contributed by atoms with Crippen LogP contribution in [0.5, 0.6) is 5.75 Å². The molecule has 0 unspecified atom stereocenters. The Hall–Kier alpha value is -0.480. The van der Waals surface area contributed by atoms with E-state index in [0.717, 1.165) is 13.1 Å². The average molecular weight is 293 g/mol. The van der Waals surface area contributed by atoms with E-state index in [2.05, 4.69) is 13.8 Å². The van der Waals surface area contributed by atoms with Gasteiger partial charge in [-0.1, -0.05) is 23.2 Å². The van der Waals surface area contributed by atoms with Gasteiger partial charge in [0.2, 0.25) is 0 Å². The maximum atomic E-state index is 9.88. The molecule has 1 atom stereocenters. The Morgan fingerprint density at radius 2 is 1.94 bits per heavy atom. The molecule has 5 heteroatoms. The van der Waals surface area contributed by atoms with Crippen LogP contribution < -0.4 is 9.64 Å². The lowest BCUT2D eigenvalue weighted by atomic mass is 10.3. The molecule has 1 rings (SSSR count). The summed E-state index contributed by atoms with van der Waals surface area (Å²) in [4.78, 5) is 1.34. The maximum absolute atomic E-state index is 9.88. The Balaban J connectivity index is 2.46. The minimum atomic E-state index is -0.505. The van der Waals surface area contributed by atoms with Crippen molar-refractivity contribution in [3.8, 4) is 5.75 Å². The fourth-order valence-electron chi connectivity index (χ4n) is 1.70. The molecule has 0 saturated heterocycles. The predicted molar refractivity (Wildman–Crippen MR) is 74.9 cm³/mol. The zero-order chi connectivity index (χ0) is 13.5. The van der Waals surface area contributed by atoms with E-state index in [0.29, 0.717) is 22.3 Å². The normalized spacial score (nSPS) is 12.8. The van der Waals surface area contributed by atoms with Crippen molar-refractivity contribution in [2.75, 3.05) is 26.2 Å². The molecule has 1 aromatic rings. The van der Waals surface area contributed by atoms with E-state index in [1.165, 1.54) is 4.90 Å². The van der Waals surface area contributed by atoms with E-state index < -0.39 is 6.10 Å². The fraction of sp³-hybridized carbons (Fsp3) is 0.538. The van der Waals surface area contributed by atoms with Gasteiger partial charge in [-0.15, -0.1) is 0 Å². The molecular weight excluding hydrogens is 273 g/mol. The highest BCUT2D eigenvalue weighted by molar-refractivity contribution is 6.34. The van der Waals surface area contributed by atoms with Crippen LogP contribution in [0.25, 0.3) is 0 Å². The summed E-state index contributed by atoms with van der Waals surface area (Å²) in [7, 11) is 0. The van der Waals surface area contributed by atoms with Gasteiger partial charge < -0.3 is 14.7 Å². The Morgan fingerprint density at radius 1 is 1.28 bits per heavy atom. The summed E-state index contributed by atoms with van der Waals surface area (Å²) in [5.41, 5.74) is 0. The fourth-order valence-corrected chi connectivity index (χ4v) is 2.04. The number of quaternary nitrogens is 1. The lowest BCUT2D eigenvalue weighted by Crippen LogP contribution is -3.12. The van der Waals surface area contributed by atoms with Crippen molar-refractivity contribution in [2.45, 2.75) is 20.0 Å². The molecule has 0 aliphatic heterocycles. The summed E-state index contributed by atoms with van der Waals surface area (Å²) >= 11 is 11.8. The quantitative estimate of drug-likeness (QED) is 0.801. The summed E-state index contributed by atoms with van der Waals surface area (Å²) in [6, 6.07) is 5.04. The van der Waals surface area contributed by atoms with Gasteiger partial charge in [-0.05, 0) is 26.0 Å². The Kier molecular flexibility index (Phi) is 6.79. The number of benzene rings is 1. The molecule has 0 heterocycles. The summed E-state index contributed by atoms with van der Waals surface area (Å²) in [5, 5.41) is 11.0. The van der Waals surface area contributed by atoms with Gasteiger partial charge in [0, 0.05) is 11.1 Å². The monoisotopic (exact) mass is 292 g/mol. The topological polar surface area (TPSA) is 33.9 Å². The van der Waals surface area contributed by atoms with Crippen LogP contribution in [0, 0.1) is 0 Å². The molecule has 0 aromatic heterocycles. The van der Waals surface area contributed by atoms with Crippen LogP contribution in [-0.4, -0.2) is 37.5 Å². The van der Waals surface area contributed by atoms with Crippen molar-refractivity contribution in [1.29, 1.82) is 0 Å². The molecule has 3 nitrogen and oxygen atoms in total. The zero-order valence-corrected chi connectivity index (χ0v) is 12.3. The van der Waals surface area contributed by atoms with Gasteiger partial charge in [-0.25, -0.2) is 0 Å². The highest BCUT2D eigenvalue weighted by atomic mass is 35.5. The number of likely N-dealkylation sites (N-methyl/N-ethyl adjacent to an activating group) is 1. The molecule has 0 amide bonds. The highest BCUT2D eigenvalue weighted by Gasteiger charge is 2.13. The number of rotatable bonds is 7. The van der Waals surface area contributed by atoms with E-state index >= 15 is 0 Å². The van der Waals surface area contributed by atoms with Gasteiger partial charge >= 0.3 is 0 Å². The third-order valence-electron chi connectivity index (χ3n) is 2.85. The smallest absolute Gasteiger partial charge is 0.139 e. The number of aliphatic hydroxyl groups is 1. The number of nitrogens with one attached hydrogen (secondary N) is 1. The van der Waals surface area contributed by atoms with Crippen LogP contribution in [0.2, 0.25) is 10.0 Å². The lowest BCUT2D eigenvalue weighted by molar-refractivity contribution is -0.899. The van der Waals surface area contributed by atoms with Gasteiger partial charge in [0.1, 0.15) is 25.0 Å². The second-order valence-electron chi connectivity index (χ2n) is 4.20. The van der Waals surface area contributed by atoms with E-state index in [-0.39, 0.29) is 6.61 Å². The molecular formula is C13H20Cl2NO2+. The van der Waals surface area contributed by atoms with Gasteiger partial charge in [-0.3, -0.25) is 0 Å². The Labute approximate surface area is 118 Å². The first kappa shape index (κ1) is 15.6. The van der Waals surface area contributed by atoms with Crippen molar-refractivity contribution in [3.05, 3.63) is 28.2 Å². The van der Waals surface area contributed by atoms with Crippen molar-refractivity contribution in [2.24, 2.45) is 0 Å². The minimum Gasteiger partial charge on any atom is -0.489 e. The van der Waals surface area contributed by atoms with Gasteiger partial charge in [0.05, 0.1) is 18.1 Å². The molecule has 18 heavy (non-hydrogen) atoms. The maximum Gasteiger partial charge on any atom is 0.139 e. The molecule has 1 aromatic carbocycles. The molecule has 0 bridgehead atoms. The summed E-state index contributed by atoms with van der Waals surface area (Å²) < 4.78 is 5.49. The van der Waals surface area contributed by atoms with Crippen LogP contribution in [0.3, 0.4) is 0 Å². The first-order valence-electron chi connectivity index (χ1n) is 6.16. The van der Waals surface area contributed by atoms with Crippen LogP contribution in [-0.2, 0) is 0 Å². The summed E-state index contributed by atoms with van der Waals surface area (Å²) in [6.07, 6.45) is -0.505. The molecule has 0 aliphatic rings. The van der Waals surface area contributed by atoms with Crippen LogP contribution >= 0.6 is 23.2 Å². The van der Waals surface area contributed by atoms with E-state index in [4.69, 9.17) is 27.9 Å². The van der Waals surface area contributed by atoms with Crippen molar-refractivity contribution in [3.63, 3.8) is 0 Å². The second kappa shape index (κ2) is 7.85. The zero-order valence-electron chi connectivity index (χ0n) is 10.7. The largest absolute Gasteiger partial charge is 0.489 e. The molecule has 102 valence electrons. The first-order valence-corrected chi connectivity index (χ1v) is 6.91. The van der Waals surface area contributed by atoms with E-state index in [9.17, 15) is 5.11 Å². The number of ether oxygens (including phenoxy) is 1. The predicted octanol–water partition coefficient (Wildman–Crippen LogP) is 1.66. The standard InChI is InChI=1S/C13H19Cl2NO2/c1-3-16(4-2)8-11(17)9-18-13-7-10(14)5-6-12(13)15/h5-7,11,17H,3-4,8-9H2,1-2H3/p+1/t11-/m1/s1. The molecule has 0 aliphatic carbocycles. The van der Waals surface area contributed by atoms with Crippen LogP contribution in [0.15, 0.2) is 18.2 Å². The number of aliphatic hydroxyl groups excluding tert-OH is 1. The van der Waals surface area contributed by atoms with E-state index in [1.54, 1.807) is 18.2 Å². The third kappa shape index (κ3) is 5.02. The molecule has 0 spiro atoms. The SMILES string of the molecule is CC[NH+](CC)C[C@@H](O)COc1cc(Cl)ccc1Cl. The molecule has 0 radical (unpaired) electrons. The minimum absolute atomic E-state index is 0.226. The summed E-state index contributed by atoms with van der Waals surface area (Å²) in [6.45, 7) is 7.08. The van der Waals surface area contributed by atoms with Gasteiger partial charge in [0.15, 0.2) is 0 Å². The molecule has 2 N–H and O–H groups in total.